The number of likely N-dealkylation sites (N-methyl/N-ethyl adjacent to an activating group) is 1. The van der Waals surface area contributed by atoms with Crippen LogP contribution >= 0.6 is 0 Å². The number of rotatable bonds is 2. The number of piperidine rings is 1. The number of benzene rings is 1. The van der Waals surface area contributed by atoms with Crippen LogP contribution in [0.1, 0.15) is 76.3 Å². The molecule has 0 spiro atoms. The van der Waals surface area contributed by atoms with Crippen molar-refractivity contribution in [3.63, 3.8) is 0 Å². The van der Waals surface area contributed by atoms with Gasteiger partial charge in [0.1, 0.15) is 0 Å². The van der Waals surface area contributed by atoms with Crippen LogP contribution in [0.15, 0.2) is 24.4 Å². The molecule has 2 aliphatic carbocycles. The fourth-order valence-electron chi connectivity index (χ4n) is 6.36. The lowest BCUT2D eigenvalue weighted by Crippen LogP contribution is -2.52. The summed E-state index contributed by atoms with van der Waals surface area (Å²) in [4.78, 5) is 15.6. The van der Waals surface area contributed by atoms with E-state index in [0.29, 0.717) is 18.0 Å². The number of nitrogens with one attached hydrogen (secondary N) is 1. The van der Waals surface area contributed by atoms with E-state index in [2.05, 4.69) is 67.0 Å². The first kappa shape index (κ1) is 20.1. The second kappa shape index (κ2) is 7.40. The molecule has 4 nitrogen and oxygen atoms in total. The summed E-state index contributed by atoms with van der Waals surface area (Å²) in [5.74, 6) is 0.829. The van der Waals surface area contributed by atoms with Crippen LogP contribution in [0.25, 0.3) is 10.9 Å². The van der Waals surface area contributed by atoms with Crippen molar-refractivity contribution in [1.82, 2.24) is 14.8 Å². The van der Waals surface area contributed by atoms with Crippen LogP contribution in [0.4, 0.5) is 0 Å². The highest BCUT2D eigenvalue weighted by molar-refractivity contribution is 5.89. The average Bonchev–Trinajstić information content (AvgIpc) is 3.10. The lowest BCUT2D eigenvalue weighted by atomic mass is 9.72. The van der Waals surface area contributed by atoms with Crippen molar-refractivity contribution in [3.8, 4) is 0 Å². The van der Waals surface area contributed by atoms with Gasteiger partial charge in [-0.25, -0.2) is 0 Å². The molecule has 4 heteroatoms. The number of carbonyl (C=O) groups excluding carboxylic acids is 1. The van der Waals surface area contributed by atoms with Crippen LogP contribution in [0, 0.1) is 5.92 Å². The summed E-state index contributed by atoms with van der Waals surface area (Å²) in [5, 5.41) is 4.86. The number of aromatic nitrogens is 1. The standard InChI is InChI=1S/C26H37N3O/c1-26(2,3)29-16-17-14-23-21(20-11-8-12-22(29)24(17)20)13-18(15-28(23)4)25(30)27-19-9-6-5-7-10-19/h8,11-12,16,18-19,21,23H,5-7,9-10,13-15H2,1-4H3,(H,27,30)/t18-,21-,23-/m1/s1. The van der Waals surface area contributed by atoms with Crippen molar-refractivity contribution in [3.05, 3.63) is 35.5 Å². The van der Waals surface area contributed by atoms with E-state index in [-0.39, 0.29) is 17.4 Å². The Morgan fingerprint density at radius 1 is 1.13 bits per heavy atom. The van der Waals surface area contributed by atoms with Gasteiger partial charge in [0.05, 0.1) is 5.92 Å². The second-order valence-corrected chi connectivity index (χ2v) is 11.0. The Balaban J connectivity index is 1.45. The highest BCUT2D eigenvalue weighted by Gasteiger charge is 2.42. The highest BCUT2D eigenvalue weighted by atomic mass is 16.2. The molecule has 1 aliphatic heterocycles. The Kier molecular flexibility index (Phi) is 4.96. The van der Waals surface area contributed by atoms with Crippen LogP contribution in [-0.4, -0.2) is 41.1 Å². The monoisotopic (exact) mass is 407 g/mol. The van der Waals surface area contributed by atoms with Gasteiger partial charge in [-0.15, -0.1) is 0 Å². The predicted molar refractivity (Wildman–Crippen MR) is 123 cm³/mol. The summed E-state index contributed by atoms with van der Waals surface area (Å²) in [7, 11) is 2.23. The molecule has 3 atom stereocenters. The van der Waals surface area contributed by atoms with E-state index in [1.54, 1.807) is 0 Å². The van der Waals surface area contributed by atoms with E-state index in [4.69, 9.17) is 0 Å². The summed E-state index contributed by atoms with van der Waals surface area (Å²) in [6.07, 6.45) is 10.6. The zero-order valence-corrected chi connectivity index (χ0v) is 19.1. The molecule has 1 aromatic carbocycles. The summed E-state index contributed by atoms with van der Waals surface area (Å²) in [6, 6.07) is 7.71. The molecule has 1 aromatic heterocycles. The van der Waals surface area contributed by atoms with E-state index in [1.807, 2.05) is 0 Å². The maximum Gasteiger partial charge on any atom is 0.224 e. The zero-order chi connectivity index (χ0) is 21.0. The minimum Gasteiger partial charge on any atom is -0.353 e. The molecule has 1 saturated carbocycles. The van der Waals surface area contributed by atoms with Crippen LogP contribution in [0.3, 0.4) is 0 Å². The van der Waals surface area contributed by atoms with Gasteiger partial charge in [-0.05, 0) is 70.7 Å². The smallest absolute Gasteiger partial charge is 0.224 e. The molecule has 30 heavy (non-hydrogen) atoms. The van der Waals surface area contributed by atoms with Gasteiger partial charge in [0.2, 0.25) is 5.91 Å². The van der Waals surface area contributed by atoms with Gasteiger partial charge in [-0.3, -0.25) is 4.79 Å². The van der Waals surface area contributed by atoms with Crippen molar-refractivity contribution in [1.29, 1.82) is 0 Å². The first-order valence-corrected chi connectivity index (χ1v) is 12.0. The van der Waals surface area contributed by atoms with E-state index < -0.39 is 0 Å². The van der Waals surface area contributed by atoms with Gasteiger partial charge in [0.15, 0.2) is 0 Å². The molecule has 1 amide bonds. The largest absolute Gasteiger partial charge is 0.353 e. The molecule has 5 rings (SSSR count). The number of amides is 1. The lowest BCUT2D eigenvalue weighted by molar-refractivity contribution is -0.128. The topological polar surface area (TPSA) is 37.3 Å². The maximum atomic E-state index is 13.2. The van der Waals surface area contributed by atoms with Crippen molar-refractivity contribution in [2.45, 2.75) is 89.3 Å². The lowest BCUT2D eigenvalue weighted by Gasteiger charge is -2.45. The Bertz CT molecular complexity index is 947. The van der Waals surface area contributed by atoms with E-state index in [9.17, 15) is 4.79 Å². The normalized spacial score (nSPS) is 27.8. The summed E-state index contributed by atoms with van der Waals surface area (Å²) >= 11 is 0. The van der Waals surface area contributed by atoms with E-state index >= 15 is 0 Å². The van der Waals surface area contributed by atoms with Gasteiger partial charge in [0.25, 0.3) is 0 Å². The maximum absolute atomic E-state index is 13.2. The predicted octanol–water partition coefficient (Wildman–Crippen LogP) is 4.81. The van der Waals surface area contributed by atoms with Crippen LogP contribution < -0.4 is 5.32 Å². The molecule has 1 saturated heterocycles. The number of likely N-dealkylation sites (tertiary alicyclic amines) is 1. The molecule has 0 radical (unpaired) electrons. The molecule has 0 unspecified atom stereocenters. The first-order chi connectivity index (χ1) is 14.3. The fraction of sp³-hybridized carbons (Fsp3) is 0.654. The molecule has 2 heterocycles. The Labute approximate surface area is 181 Å². The Morgan fingerprint density at radius 3 is 2.63 bits per heavy atom. The summed E-state index contributed by atoms with van der Waals surface area (Å²) in [6.45, 7) is 7.73. The third-order valence-electron chi connectivity index (χ3n) is 7.89. The highest BCUT2D eigenvalue weighted by Crippen LogP contribution is 2.45. The number of hydrogen-bond donors (Lipinski definition) is 1. The van der Waals surface area contributed by atoms with E-state index in [0.717, 1.165) is 32.2 Å². The van der Waals surface area contributed by atoms with E-state index in [1.165, 1.54) is 41.3 Å². The number of carbonyl (C=O) groups is 1. The Morgan fingerprint density at radius 2 is 1.90 bits per heavy atom. The molecular formula is C26H37N3O. The minimum atomic E-state index is 0.0684. The molecular weight excluding hydrogens is 370 g/mol. The number of fused-ring (bicyclic) bond motifs is 2. The molecule has 1 N–H and O–H groups in total. The molecule has 162 valence electrons. The molecule has 3 aliphatic rings. The third-order valence-corrected chi connectivity index (χ3v) is 7.89. The van der Waals surface area contributed by atoms with Crippen molar-refractivity contribution in [2.75, 3.05) is 13.6 Å². The number of nitrogens with zero attached hydrogens (tertiary/aromatic N) is 2. The summed E-state index contributed by atoms with van der Waals surface area (Å²) < 4.78 is 2.45. The average molecular weight is 408 g/mol. The number of hydrogen-bond acceptors (Lipinski definition) is 2. The van der Waals surface area contributed by atoms with Crippen LogP contribution in [0.5, 0.6) is 0 Å². The van der Waals surface area contributed by atoms with Crippen LogP contribution in [-0.2, 0) is 16.8 Å². The van der Waals surface area contributed by atoms with Gasteiger partial charge < -0.3 is 14.8 Å². The van der Waals surface area contributed by atoms with Gasteiger partial charge >= 0.3 is 0 Å². The molecule has 2 fully saturated rings. The molecule has 2 aromatic rings. The SMILES string of the molecule is CN1C[C@H](C(=O)NC2CCCCC2)C[C@@H]2c3cccc4c3c(cn4C(C)(C)C)C[C@H]21. The van der Waals surface area contributed by atoms with Gasteiger partial charge in [0, 0.05) is 47.2 Å². The zero-order valence-electron chi connectivity index (χ0n) is 19.1. The van der Waals surface area contributed by atoms with Crippen LogP contribution in [0.2, 0.25) is 0 Å². The van der Waals surface area contributed by atoms with Gasteiger partial charge in [-0.1, -0.05) is 31.4 Å². The summed E-state index contributed by atoms with van der Waals surface area (Å²) in [5.41, 5.74) is 4.36. The fourth-order valence-corrected chi connectivity index (χ4v) is 6.36. The third kappa shape index (κ3) is 3.37. The Hall–Kier alpha value is -1.81. The quantitative estimate of drug-likeness (QED) is 0.776. The minimum absolute atomic E-state index is 0.0684. The van der Waals surface area contributed by atoms with Crippen molar-refractivity contribution < 1.29 is 4.79 Å². The first-order valence-electron chi connectivity index (χ1n) is 12.0. The van der Waals surface area contributed by atoms with Crippen molar-refractivity contribution in [2.24, 2.45) is 5.92 Å². The molecule has 0 bridgehead atoms. The van der Waals surface area contributed by atoms with Crippen molar-refractivity contribution >= 4 is 16.8 Å². The second-order valence-electron chi connectivity index (χ2n) is 11.0. The van der Waals surface area contributed by atoms with Gasteiger partial charge in [-0.2, -0.15) is 0 Å².